The van der Waals surface area contributed by atoms with E-state index in [1.54, 1.807) is 0 Å². The largest absolute Gasteiger partial charge is 0.481 e. The van der Waals surface area contributed by atoms with Crippen LogP contribution in [-0.4, -0.2) is 22.1 Å². The van der Waals surface area contributed by atoms with Gasteiger partial charge in [-0.15, -0.1) is 11.3 Å². The number of nitrogens with one attached hydrogen (secondary N) is 1. The SMILES string of the molecule is CC1(C)CC(Nc2nc(CC(=O)O)cs2)CC(C)(C)C1. The summed E-state index contributed by atoms with van der Waals surface area (Å²) in [6, 6.07) is 0.414. The molecule has 0 amide bonds. The summed E-state index contributed by atoms with van der Waals surface area (Å²) in [6.07, 6.45) is 3.49. The average Bonchev–Trinajstić information content (AvgIpc) is 2.58. The number of thiazole rings is 1. The number of aromatic nitrogens is 1. The van der Waals surface area contributed by atoms with Crippen molar-refractivity contribution in [1.82, 2.24) is 4.98 Å². The van der Waals surface area contributed by atoms with E-state index < -0.39 is 5.97 Å². The van der Waals surface area contributed by atoms with E-state index in [9.17, 15) is 4.79 Å². The molecule has 0 aliphatic heterocycles. The lowest BCUT2D eigenvalue weighted by molar-refractivity contribution is -0.136. The maximum Gasteiger partial charge on any atom is 0.309 e. The molecule has 1 heterocycles. The Balaban J connectivity index is 2.02. The van der Waals surface area contributed by atoms with Crippen molar-refractivity contribution < 1.29 is 9.90 Å². The molecule has 0 bridgehead atoms. The van der Waals surface area contributed by atoms with Crippen molar-refractivity contribution in [3.63, 3.8) is 0 Å². The van der Waals surface area contributed by atoms with Crippen molar-refractivity contribution in [2.24, 2.45) is 10.8 Å². The summed E-state index contributed by atoms with van der Waals surface area (Å²) in [6.45, 7) is 9.28. The Labute approximate surface area is 124 Å². The zero-order valence-corrected chi connectivity index (χ0v) is 13.5. The van der Waals surface area contributed by atoms with E-state index in [4.69, 9.17) is 5.11 Å². The molecule has 1 aromatic rings. The first-order valence-corrected chi connectivity index (χ1v) is 7.96. The second-order valence-corrected chi connectivity index (χ2v) is 8.33. The third-order valence-electron chi connectivity index (χ3n) is 3.77. The monoisotopic (exact) mass is 296 g/mol. The molecule has 1 aromatic heterocycles. The molecule has 1 aliphatic rings. The van der Waals surface area contributed by atoms with Gasteiger partial charge in [-0.05, 0) is 30.1 Å². The summed E-state index contributed by atoms with van der Waals surface area (Å²) in [5.74, 6) is -0.832. The molecule has 2 rings (SSSR count). The molecule has 1 saturated carbocycles. The van der Waals surface area contributed by atoms with E-state index >= 15 is 0 Å². The van der Waals surface area contributed by atoms with Gasteiger partial charge in [-0.1, -0.05) is 27.7 Å². The van der Waals surface area contributed by atoms with Crippen LogP contribution >= 0.6 is 11.3 Å². The Hall–Kier alpha value is -1.10. The molecule has 0 aromatic carbocycles. The number of rotatable bonds is 4. The fraction of sp³-hybridized carbons (Fsp3) is 0.733. The number of aliphatic carboxylic acids is 1. The molecule has 0 unspecified atom stereocenters. The second-order valence-electron chi connectivity index (χ2n) is 7.47. The van der Waals surface area contributed by atoms with Crippen molar-refractivity contribution in [3.05, 3.63) is 11.1 Å². The highest BCUT2D eigenvalue weighted by atomic mass is 32.1. The number of anilines is 1. The molecular formula is C15H24N2O2S. The van der Waals surface area contributed by atoms with Crippen molar-refractivity contribution in [2.75, 3.05) is 5.32 Å². The molecule has 0 saturated heterocycles. The molecule has 0 radical (unpaired) electrons. The lowest BCUT2D eigenvalue weighted by Crippen LogP contribution is -2.40. The van der Waals surface area contributed by atoms with Gasteiger partial charge in [-0.3, -0.25) is 4.79 Å². The highest BCUT2D eigenvalue weighted by molar-refractivity contribution is 7.13. The molecule has 2 N–H and O–H groups in total. The van der Waals surface area contributed by atoms with Gasteiger partial charge in [0.2, 0.25) is 0 Å². The zero-order chi connectivity index (χ0) is 15.0. The highest BCUT2D eigenvalue weighted by Crippen LogP contribution is 2.46. The van der Waals surface area contributed by atoms with E-state index in [1.807, 2.05) is 5.38 Å². The normalized spacial score (nSPS) is 21.6. The first-order valence-electron chi connectivity index (χ1n) is 7.08. The van der Waals surface area contributed by atoms with Crippen LogP contribution in [0.4, 0.5) is 5.13 Å². The molecule has 112 valence electrons. The zero-order valence-electron chi connectivity index (χ0n) is 12.7. The van der Waals surface area contributed by atoms with Crippen LogP contribution < -0.4 is 5.32 Å². The van der Waals surface area contributed by atoms with Crippen LogP contribution in [0.2, 0.25) is 0 Å². The van der Waals surface area contributed by atoms with Gasteiger partial charge in [-0.25, -0.2) is 4.98 Å². The Morgan fingerprint density at radius 2 is 2.00 bits per heavy atom. The molecule has 1 fully saturated rings. The minimum Gasteiger partial charge on any atom is -0.481 e. The molecule has 0 spiro atoms. The topological polar surface area (TPSA) is 62.2 Å². The smallest absolute Gasteiger partial charge is 0.309 e. The van der Waals surface area contributed by atoms with Crippen molar-refractivity contribution in [1.29, 1.82) is 0 Å². The van der Waals surface area contributed by atoms with Crippen LogP contribution in [0.5, 0.6) is 0 Å². The summed E-state index contributed by atoms with van der Waals surface area (Å²) in [5, 5.41) is 15.0. The van der Waals surface area contributed by atoms with Crippen LogP contribution in [0.3, 0.4) is 0 Å². The molecule has 1 aliphatic carbocycles. The quantitative estimate of drug-likeness (QED) is 0.887. The van der Waals surface area contributed by atoms with E-state index in [2.05, 4.69) is 38.0 Å². The minimum atomic E-state index is -0.832. The van der Waals surface area contributed by atoms with Gasteiger partial charge < -0.3 is 10.4 Å². The van der Waals surface area contributed by atoms with E-state index in [-0.39, 0.29) is 6.42 Å². The molecule has 0 atom stereocenters. The standard InChI is InChI=1S/C15H24N2O2S/c1-14(2)6-11(7-15(3,4)9-14)17-13-16-10(8-20-13)5-12(18)19/h8,11H,5-7,9H2,1-4H3,(H,16,17)(H,18,19). The summed E-state index contributed by atoms with van der Waals surface area (Å²) < 4.78 is 0. The Morgan fingerprint density at radius 3 is 2.55 bits per heavy atom. The first-order chi connectivity index (χ1) is 9.15. The summed E-state index contributed by atoms with van der Waals surface area (Å²) in [5.41, 5.74) is 1.31. The van der Waals surface area contributed by atoms with Crippen LogP contribution in [0.1, 0.15) is 52.7 Å². The second kappa shape index (κ2) is 5.35. The number of nitrogens with zero attached hydrogens (tertiary/aromatic N) is 1. The summed E-state index contributed by atoms with van der Waals surface area (Å²) in [4.78, 5) is 15.0. The van der Waals surface area contributed by atoms with Crippen LogP contribution in [-0.2, 0) is 11.2 Å². The number of carbonyl (C=O) groups is 1. The lowest BCUT2D eigenvalue weighted by atomic mass is 9.63. The molecule has 5 heteroatoms. The molecule has 4 nitrogen and oxygen atoms in total. The van der Waals surface area contributed by atoms with Crippen molar-refractivity contribution in [2.45, 2.75) is 59.4 Å². The van der Waals surface area contributed by atoms with Gasteiger partial charge in [-0.2, -0.15) is 0 Å². The van der Waals surface area contributed by atoms with Crippen molar-refractivity contribution in [3.8, 4) is 0 Å². The number of carboxylic acid groups (broad SMARTS) is 1. The maximum atomic E-state index is 10.7. The molecule has 20 heavy (non-hydrogen) atoms. The van der Waals surface area contributed by atoms with E-state index in [0.29, 0.717) is 22.6 Å². The van der Waals surface area contributed by atoms with Crippen LogP contribution in [0, 0.1) is 10.8 Å². The average molecular weight is 296 g/mol. The Bertz CT molecular complexity index is 478. The van der Waals surface area contributed by atoms with Gasteiger partial charge in [0.15, 0.2) is 5.13 Å². The van der Waals surface area contributed by atoms with Crippen LogP contribution in [0.25, 0.3) is 0 Å². The first kappa shape index (κ1) is 15.3. The van der Waals surface area contributed by atoms with Crippen LogP contribution in [0.15, 0.2) is 5.38 Å². The number of hydrogen-bond acceptors (Lipinski definition) is 4. The fourth-order valence-corrected chi connectivity index (χ4v) is 4.52. The third kappa shape index (κ3) is 4.20. The van der Waals surface area contributed by atoms with Gasteiger partial charge in [0.05, 0.1) is 12.1 Å². The Kier molecular flexibility index (Phi) is 4.09. The molecular weight excluding hydrogens is 272 g/mol. The van der Waals surface area contributed by atoms with Crippen molar-refractivity contribution >= 4 is 22.4 Å². The fourth-order valence-electron chi connectivity index (χ4n) is 3.73. The Morgan fingerprint density at radius 1 is 1.40 bits per heavy atom. The summed E-state index contributed by atoms with van der Waals surface area (Å²) in [7, 11) is 0. The maximum absolute atomic E-state index is 10.7. The lowest BCUT2D eigenvalue weighted by Gasteiger charge is -2.45. The number of carboxylic acids is 1. The predicted octanol–water partition coefficient (Wildman–Crippen LogP) is 3.79. The van der Waals surface area contributed by atoms with Gasteiger partial charge in [0.1, 0.15) is 0 Å². The van der Waals surface area contributed by atoms with Gasteiger partial charge in [0, 0.05) is 11.4 Å². The van der Waals surface area contributed by atoms with Gasteiger partial charge in [0.25, 0.3) is 0 Å². The van der Waals surface area contributed by atoms with Gasteiger partial charge >= 0.3 is 5.97 Å². The van der Waals surface area contributed by atoms with E-state index in [1.165, 1.54) is 17.8 Å². The minimum absolute atomic E-state index is 0.000166. The highest BCUT2D eigenvalue weighted by Gasteiger charge is 2.38. The predicted molar refractivity (Wildman–Crippen MR) is 82.3 cm³/mol. The summed E-state index contributed by atoms with van der Waals surface area (Å²) >= 11 is 1.50. The third-order valence-corrected chi connectivity index (χ3v) is 4.59. The van der Waals surface area contributed by atoms with E-state index in [0.717, 1.165) is 18.0 Å². The number of hydrogen-bond donors (Lipinski definition) is 2.